The number of urea groups is 1. The second-order valence-electron chi connectivity index (χ2n) is 7.09. The van der Waals surface area contributed by atoms with Gasteiger partial charge in [-0.3, -0.25) is 14.8 Å². The quantitative estimate of drug-likeness (QED) is 0.670. The fourth-order valence-corrected chi connectivity index (χ4v) is 2.61. The molecule has 4 amide bonds. The molecule has 1 aliphatic heterocycles. The summed E-state index contributed by atoms with van der Waals surface area (Å²) < 4.78 is 43.8. The molecule has 1 aliphatic rings. The monoisotopic (exact) mass is 391 g/mol. The largest absolute Gasteiger partial charge is 0.444 e. The summed E-state index contributed by atoms with van der Waals surface area (Å²) in [6.45, 7) is 4.45. The van der Waals surface area contributed by atoms with Crippen molar-refractivity contribution >= 4 is 18.0 Å². The van der Waals surface area contributed by atoms with Crippen molar-refractivity contribution in [3.63, 3.8) is 0 Å². The number of hydrogen-bond acceptors (Lipinski definition) is 5. The zero-order valence-corrected chi connectivity index (χ0v) is 15.2. The van der Waals surface area contributed by atoms with Crippen molar-refractivity contribution in [1.29, 1.82) is 0 Å². The van der Waals surface area contributed by atoms with Crippen LogP contribution in [0.15, 0.2) is 6.20 Å². The van der Waals surface area contributed by atoms with E-state index in [0.29, 0.717) is 4.68 Å². The minimum absolute atomic E-state index is 0.0238. The summed E-state index contributed by atoms with van der Waals surface area (Å²) in [5.74, 6) is -0.821. The maximum Gasteiger partial charge on any atom is 0.408 e. The molecule has 0 bridgehead atoms. The predicted octanol–water partition coefficient (Wildman–Crippen LogP) is 1.31. The third-order valence-corrected chi connectivity index (χ3v) is 3.73. The summed E-state index contributed by atoms with van der Waals surface area (Å²) in [4.78, 5) is 36.0. The first-order valence-electron chi connectivity index (χ1n) is 7.93. The zero-order chi connectivity index (χ0) is 20.6. The lowest BCUT2D eigenvalue weighted by Gasteiger charge is -2.27. The Morgan fingerprint density at radius 1 is 1.33 bits per heavy atom. The van der Waals surface area contributed by atoms with Crippen LogP contribution in [0, 0.1) is 6.92 Å². The molecule has 2 rings (SSSR count). The molecule has 0 aromatic carbocycles. The molecular weight excluding hydrogens is 371 g/mol. The van der Waals surface area contributed by atoms with Crippen molar-refractivity contribution in [2.45, 2.75) is 51.6 Å². The molecule has 150 valence electrons. The minimum Gasteiger partial charge on any atom is -0.444 e. The van der Waals surface area contributed by atoms with Crippen molar-refractivity contribution in [2.75, 3.05) is 6.54 Å². The molecule has 0 spiro atoms. The number of aromatic nitrogens is 2. The van der Waals surface area contributed by atoms with Gasteiger partial charge in [0.25, 0.3) is 5.91 Å². The highest BCUT2D eigenvalue weighted by atomic mass is 19.4. The van der Waals surface area contributed by atoms with Crippen LogP contribution < -0.4 is 16.0 Å². The summed E-state index contributed by atoms with van der Waals surface area (Å²) in [7, 11) is 0. The number of imide groups is 1. The van der Waals surface area contributed by atoms with Crippen LogP contribution in [0.3, 0.4) is 0 Å². The van der Waals surface area contributed by atoms with Gasteiger partial charge in [-0.1, -0.05) is 0 Å². The summed E-state index contributed by atoms with van der Waals surface area (Å²) in [5, 5.41) is 10.4. The molecule has 1 aromatic rings. The molecule has 2 heterocycles. The zero-order valence-electron chi connectivity index (χ0n) is 15.2. The fraction of sp³-hybridized carbons (Fsp3) is 0.600. The summed E-state index contributed by atoms with van der Waals surface area (Å²) in [5.41, 5.74) is -2.55. The average molecular weight is 391 g/mol. The van der Waals surface area contributed by atoms with E-state index >= 15 is 0 Å². The van der Waals surface area contributed by atoms with Gasteiger partial charge in [-0.05, 0) is 27.7 Å². The lowest BCUT2D eigenvalue weighted by Crippen LogP contribution is -2.53. The van der Waals surface area contributed by atoms with Crippen LogP contribution >= 0.6 is 0 Å². The highest BCUT2D eigenvalue weighted by Gasteiger charge is 2.50. The average Bonchev–Trinajstić information content (AvgIpc) is 2.95. The predicted molar refractivity (Wildman–Crippen MR) is 85.6 cm³/mol. The highest BCUT2D eigenvalue weighted by Crippen LogP contribution is 2.29. The van der Waals surface area contributed by atoms with Crippen molar-refractivity contribution < 1.29 is 32.3 Å². The number of amides is 4. The van der Waals surface area contributed by atoms with E-state index in [4.69, 9.17) is 4.74 Å². The lowest BCUT2D eigenvalue weighted by molar-refractivity contribution is -0.142. The van der Waals surface area contributed by atoms with E-state index in [0.717, 1.165) is 6.20 Å². The van der Waals surface area contributed by atoms with Gasteiger partial charge < -0.3 is 15.4 Å². The van der Waals surface area contributed by atoms with Crippen molar-refractivity contribution in [1.82, 2.24) is 25.7 Å². The Kier molecular flexibility index (Phi) is 5.12. The van der Waals surface area contributed by atoms with Crippen LogP contribution in [0.4, 0.5) is 22.8 Å². The van der Waals surface area contributed by atoms with E-state index in [1.807, 2.05) is 5.32 Å². The van der Waals surface area contributed by atoms with E-state index < -0.39 is 48.4 Å². The molecule has 9 nitrogen and oxygen atoms in total. The van der Waals surface area contributed by atoms with E-state index in [-0.39, 0.29) is 11.3 Å². The Morgan fingerprint density at radius 2 is 1.96 bits per heavy atom. The summed E-state index contributed by atoms with van der Waals surface area (Å²) in [6, 6.07) is -0.839. The Hall–Kier alpha value is -2.79. The number of rotatable bonds is 4. The number of halogens is 3. The van der Waals surface area contributed by atoms with Crippen LogP contribution in [0.25, 0.3) is 0 Å². The first-order chi connectivity index (χ1) is 12.2. The third kappa shape index (κ3) is 4.68. The topological polar surface area (TPSA) is 114 Å². The third-order valence-electron chi connectivity index (χ3n) is 3.73. The van der Waals surface area contributed by atoms with Gasteiger partial charge in [-0.25, -0.2) is 9.59 Å². The SMILES string of the molecule is Cc1c([C@]2(CNC(=O)OC(C)(C)C)NC(=O)NC2=O)cnn1CC(F)(F)F. The molecule has 1 fully saturated rings. The molecule has 27 heavy (non-hydrogen) atoms. The summed E-state index contributed by atoms with van der Waals surface area (Å²) >= 11 is 0. The molecular formula is C15H20F3N5O4. The van der Waals surface area contributed by atoms with E-state index in [1.54, 1.807) is 20.8 Å². The smallest absolute Gasteiger partial charge is 0.408 e. The second kappa shape index (κ2) is 6.74. The number of nitrogens with zero attached hydrogens (tertiary/aromatic N) is 2. The number of alkyl carbamates (subject to hydrolysis) is 1. The number of alkyl halides is 3. The number of carbonyl (C=O) groups excluding carboxylic acids is 3. The maximum atomic E-state index is 12.7. The van der Waals surface area contributed by atoms with Crippen LogP contribution in [0.1, 0.15) is 32.0 Å². The lowest BCUT2D eigenvalue weighted by atomic mass is 9.90. The number of carbonyl (C=O) groups is 3. The van der Waals surface area contributed by atoms with Crippen LogP contribution in [0.5, 0.6) is 0 Å². The van der Waals surface area contributed by atoms with Gasteiger partial charge in [-0.15, -0.1) is 0 Å². The molecule has 1 saturated heterocycles. The van der Waals surface area contributed by atoms with Gasteiger partial charge in [0.1, 0.15) is 12.1 Å². The molecule has 12 heteroatoms. The highest BCUT2D eigenvalue weighted by molar-refractivity contribution is 6.07. The van der Waals surface area contributed by atoms with Gasteiger partial charge in [0.15, 0.2) is 5.54 Å². The molecule has 3 N–H and O–H groups in total. The van der Waals surface area contributed by atoms with Crippen LogP contribution in [-0.2, 0) is 21.6 Å². The van der Waals surface area contributed by atoms with Crippen molar-refractivity contribution in [3.8, 4) is 0 Å². The number of nitrogens with one attached hydrogen (secondary N) is 3. The van der Waals surface area contributed by atoms with Gasteiger partial charge in [0.05, 0.1) is 12.7 Å². The summed E-state index contributed by atoms with van der Waals surface area (Å²) in [6.07, 6.45) is -4.31. The van der Waals surface area contributed by atoms with Crippen LogP contribution in [-0.4, -0.2) is 46.1 Å². The van der Waals surface area contributed by atoms with E-state index in [1.165, 1.54) is 6.92 Å². The molecule has 1 aromatic heterocycles. The van der Waals surface area contributed by atoms with Gasteiger partial charge in [-0.2, -0.15) is 18.3 Å². The Labute approximate surface area is 152 Å². The number of hydrogen-bond donors (Lipinski definition) is 3. The molecule has 0 saturated carbocycles. The van der Waals surface area contributed by atoms with Crippen molar-refractivity contribution in [3.05, 3.63) is 17.5 Å². The Bertz CT molecular complexity index is 768. The first-order valence-corrected chi connectivity index (χ1v) is 7.93. The Balaban J connectivity index is 2.32. The van der Waals surface area contributed by atoms with Gasteiger partial charge >= 0.3 is 18.3 Å². The van der Waals surface area contributed by atoms with E-state index in [2.05, 4.69) is 15.7 Å². The second-order valence-corrected chi connectivity index (χ2v) is 7.09. The van der Waals surface area contributed by atoms with Gasteiger partial charge in [0, 0.05) is 11.3 Å². The number of ether oxygens (including phenoxy) is 1. The normalized spacial score (nSPS) is 20.3. The molecule has 0 unspecified atom stereocenters. The fourth-order valence-electron chi connectivity index (χ4n) is 2.61. The first kappa shape index (κ1) is 20.5. The standard InChI is InChI=1S/C15H20F3N5O4/c1-8-9(5-20-23(8)7-15(16,17)18)14(10(24)21-11(25)22-14)6-19-12(26)27-13(2,3)4/h5H,6-7H2,1-4H3,(H,19,26)(H2,21,22,24,25)/t14-/m0/s1. The van der Waals surface area contributed by atoms with Crippen LogP contribution in [0.2, 0.25) is 0 Å². The van der Waals surface area contributed by atoms with Crippen molar-refractivity contribution in [2.24, 2.45) is 0 Å². The molecule has 0 aliphatic carbocycles. The minimum atomic E-state index is -4.52. The maximum absolute atomic E-state index is 12.7. The molecule has 1 atom stereocenters. The van der Waals surface area contributed by atoms with Gasteiger partial charge in [0.2, 0.25) is 0 Å². The Morgan fingerprint density at radius 3 is 2.44 bits per heavy atom. The molecule has 0 radical (unpaired) electrons. The van der Waals surface area contributed by atoms with E-state index in [9.17, 15) is 27.6 Å².